The van der Waals surface area contributed by atoms with Crippen LogP contribution in [0.15, 0.2) is 49.2 Å². The number of nitrogens with zero attached hydrogens (tertiary/aromatic N) is 6. The zero-order valence-corrected chi connectivity index (χ0v) is 14.1. The van der Waals surface area contributed by atoms with Crippen molar-refractivity contribution < 1.29 is 9.53 Å². The van der Waals surface area contributed by atoms with Crippen molar-refractivity contribution in [3.8, 4) is 5.69 Å². The molecule has 0 unspecified atom stereocenters. The summed E-state index contributed by atoms with van der Waals surface area (Å²) in [5, 5.41) is 8.15. The molecule has 132 valence electrons. The number of hydrogen-bond donors (Lipinski definition) is 0. The van der Waals surface area contributed by atoms with Gasteiger partial charge in [-0.25, -0.2) is 9.67 Å². The third-order valence-corrected chi connectivity index (χ3v) is 5.14. The van der Waals surface area contributed by atoms with Crippen LogP contribution < -0.4 is 0 Å². The maximum Gasteiger partial charge on any atom is 0.253 e. The molecule has 0 spiro atoms. The molecular weight excluding hydrogens is 332 g/mol. The average molecular weight is 350 g/mol. The number of hydrogen-bond acceptors (Lipinski definition) is 5. The van der Waals surface area contributed by atoms with Gasteiger partial charge in [-0.2, -0.15) is 0 Å². The second-order valence-electron chi connectivity index (χ2n) is 6.64. The highest BCUT2D eigenvalue weighted by atomic mass is 16.5. The van der Waals surface area contributed by atoms with Gasteiger partial charge < -0.3 is 14.2 Å². The Bertz CT molecular complexity index is 918. The Morgan fingerprint density at radius 2 is 2.12 bits per heavy atom. The number of benzene rings is 1. The maximum absolute atomic E-state index is 12.9. The smallest absolute Gasteiger partial charge is 0.253 e. The van der Waals surface area contributed by atoms with Crippen molar-refractivity contribution in [1.82, 2.24) is 29.4 Å². The maximum atomic E-state index is 12.9. The second-order valence-corrected chi connectivity index (χ2v) is 6.64. The van der Waals surface area contributed by atoms with Gasteiger partial charge in [0.1, 0.15) is 0 Å². The summed E-state index contributed by atoms with van der Waals surface area (Å²) in [7, 11) is 0. The lowest BCUT2D eigenvalue weighted by Crippen LogP contribution is -2.50. The van der Waals surface area contributed by atoms with Crippen LogP contribution in [0, 0.1) is 0 Å². The van der Waals surface area contributed by atoms with Crippen LogP contribution in [0.5, 0.6) is 0 Å². The number of aromatic nitrogens is 5. The van der Waals surface area contributed by atoms with E-state index in [0.717, 1.165) is 17.8 Å². The molecule has 4 heterocycles. The Morgan fingerprint density at radius 3 is 2.92 bits per heavy atom. The summed E-state index contributed by atoms with van der Waals surface area (Å²) in [4.78, 5) is 18.8. The Labute approximate surface area is 150 Å². The molecule has 2 aromatic heterocycles. The Balaban J connectivity index is 1.31. The molecule has 8 heteroatoms. The SMILES string of the molecule is O=C(c1ccc(-n2ccnc2)cc1)N1CC[C@H]2[C@H](C1)OCc1cnnn12. The van der Waals surface area contributed by atoms with Crippen LogP contribution in [0.4, 0.5) is 0 Å². The van der Waals surface area contributed by atoms with Gasteiger partial charge in [0, 0.05) is 36.7 Å². The first-order valence-electron chi connectivity index (χ1n) is 8.68. The van der Waals surface area contributed by atoms with E-state index in [4.69, 9.17) is 4.74 Å². The molecule has 2 atom stereocenters. The normalized spacial score (nSPS) is 21.9. The third-order valence-electron chi connectivity index (χ3n) is 5.14. The predicted octanol–water partition coefficient (Wildman–Crippen LogP) is 1.45. The number of fused-ring (bicyclic) bond motifs is 3. The van der Waals surface area contributed by atoms with Gasteiger partial charge in [0.15, 0.2) is 0 Å². The van der Waals surface area contributed by atoms with Gasteiger partial charge in [-0.3, -0.25) is 4.79 Å². The molecule has 0 radical (unpaired) electrons. The van der Waals surface area contributed by atoms with E-state index >= 15 is 0 Å². The number of rotatable bonds is 2. The highest BCUT2D eigenvalue weighted by Gasteiger charge is 2.37. The molecule has 0 bridgehead atoms. The summed E-state index contributed by atoms with van der Waals surface area (Å²) in [5.74, 6) is 0.0358. The van der Waals surface area contributed by atoms with Crippen molar-refractivity contribution in [3.63, 3.8) is 0 Å². The molecule has 3 aromatic rings. The molecule has 5 rings (SSSR count). The summed E-state index contributed by atoms with van der Waals surface area (Å²) >= 11 is 0. The van der Waals surface area contributed by atoms with E-state index in [1.807, 2.05) is 44.6 Å². The van der Waals surface area contributed by atoms with Crippen molar-refractivity contribution in [2.24, 2.45) is 0 Å². The van der Waals surface area contributed by atoms with Crippen molar-refractivity contribution >= 4 is 5.91 Å². The number of likely N-dealkylation sites (tertiary alicyclic amines) is 1. The molecule has 26 heavy (non-hydrogen) atoms. The zero-order valence-electron chi connectivity index (χ0n) is 14.1. The van der Waals surface area contributed by atoms with Crippen LogP contribution >= 0.6 is 0 Å². The van der Waals surface area contributed by atoms with Gasteiger partial charge in [0.2, 0.25) is 0 Å². The van der Waals surface area contributed by atoms with Gasteiger partial charge in [-0.15, -0.1) is 5.10 Å². The largest absolute Gasteiger partial charge is 0.368 e. The topological polar surface area (TPSA) is 78.1 Å². The van der Waals surface area contributed by atoms with Gasteiger partial charge in [0.25, 0.3) is 5.91 Å². The number of amides is 1. The average Bonchev–Trinajstić information content (AvgIpc) is 3.39. The molecule has 1 fully saturated rings. The van der Waals surface area contributed by atoms with Crippen LogP contribution in [0.3, 0.4) is 0 Å². The fraction of sp³-hybridized carbons (Fsp3) is 0.333. The van der Waals surface area contributed by atoms with Crippen molar-refractivity contribution in [2.75, 3.05) is 13.1 Å². The minimum atomic E-state index is -0.0351. The van der Waals surface area contributed by atoms with Gasteiger partial charge in [0.05, 0.1) is 37.0 Å². The van der Waals surface area contributed by atoms with E-state index in [1.165, 1.54) is 0 Å². The zero-order chi connectivity index (χ0) is 17.5. The monoisotopic (exact) mass is 350 g/mol. The van der Waals surface area contributed by atoms with Crippen LogP contribution in [0.1, 0.15) is 28.5 Å². The molecule has 2 aliphatic rings. The molecule has 1 saturated heterocycles. The van der Waals surface area contributed by atoms with E-state index in [0.29, 0.717) is 25.3 Å². The summed E-state index contributed by atoms with van der Waals surface area (Å²) in [6.45, 7) is 1.76. The summed E-state index contributed by atoms with van der Waals surface area (Å²) in [6.07, 6.45) is 7.87. The van der Waals surface area contributed by atoms with Crippen molar-refractivity contribution in [3.05, 3.63) is 60.4 Å². The van der Waals surface area contributed by atoms with E-state index in [-0.39, 0.29) is 18.1 Å². The minimum absolute atomic E-state index is 0.0351. The number of piperidine rings is 1. The number of carbonyl (C=O) groups excluding carboxylic acids is 1. The number of ether oxygens (including phenoxy) is 1. The molecular formula is C18H18N6O2. The number of carbonyl (C=O) groups is 1. The molecule has 0 saturated carbocycles. The van der Waals surface area contributed by atoms with Crippen LogP contribution in [0.25, 0.3) is 5.69 Å². The molecule has 0 N–H and O–H groups in total. The quantitative estimate of drug-likeness (QED) is 0.699. The summed E-state index contributed by atoms with van der Waals surface area (Å²) in [5.41, 5.74) is 2.66. The van der Waals surface area contributed by atoms with Crippen LogP contribution in [-0.4, -0.2) is 54.5 Å². The Morgan fingerprint density at radius 1 is 1.23 bits per heavy atom. The second kappa shape index (κ2) is 6.06. The molecule has 2 aliphatic heterocycles. The van der Waals surface area contributed by atoms with Gasteiger partial charge in [-0.05, 0) is 30.7 Å². The predicted molar refractivity (Wildman–Crippen MR) is 91.7 cm³/mol. The number of imidazole rings is 1. The van der Waals surface area contributed by atoms with E-state index in [9.17, 15) is 4.79 Å². The van der Waals surface area contributed by atoms with E-state index in [1.54, 1.807) is 18.7 Å². The van der Waals surface area contributed by atoms with Crippen molar-refractivity contribution in [1.29, 1.82) is 0 Å². The lowest BCUT2D eigenvalue weighted by Gasteiger charge is -2.41. The van der Waals surface area contributed by atoms with E-state index in [2.05, 4.69) is 15.3 Å². The molecule has 8 nitrogen and oxygen atoms in total. The molecule has 1 amide bonds. The van der Waals surface area contributed by atoms with Crippen LogP contribution in [-0.2, 0) is 11.3 Å². The van der Waals surface area contributed by atoms with Gasteiger partial charge >= 0.3 is 0 Å². The highest BCUT2D eigenvalue weighted by Crippen LogP contribution is 2.31. The fourth-order valence-electron chi connectivity index (χ4n) is 3.74. The molecule has 0 aliphatic carbocycles. The summed E-state index contributed by atoms with van der Waals surface area (Å²) < 4.78 is 9.81. The first-order chi connectivity index (χ1) is 12.8. The first kappa shape index (κ1) is 15.3. The highest BCUT2D eigenvalue weighted by molar-refractivity contribution is 5.94. The molecule has 1 aromatic carbocycles. The lowest BCUT2D eigenvalue weighted by atomic mass is 9.99. The fourth-order valence-corrected chi connectivity index (χ4v) is 3.74. The lowest BCUT2D eigenvalue weighted by molar-refractivity contribution is -0.0627. The van der Waals surface area contributed by atoms with Crippen LogP contribution in [0.2, 0.25) is 0 Å². The van der Waals surface area contributed by atoms with Crippen molar-refractivity contribution in [2.45, 2.75) is 25.2 Å². The van der Waals surface area contributed by atoms with E-state index < -0.39 is 0 Å². The third kappa shape index (κ3) is 2.50. The minimum Gasteiger partial charge on any atom is -0.368 e. The first-order valence-corrected chi connectivity index (χ1v) is 8.68. The Hall–Kier alpha value is -3.00. The summed E-state index contributed by atoms with van der Waals surface area (Å²) in [6, 6.07) is 7.75. The van der Waals surface area contributed by atoms with Gasteiger partial charge in [-0.1, -0.05) is 5.21 Å². The Kier molecular flexibility index (Phi) is 3.56. The standard InChI is InChI=1S/C18H18N6O2/c25-18(13-1-3-14(4-2-13)23-8-6-19-12-23)22-7-5-16-17(10-22)26-11-15-9-20-21-24(15)16/h1-4,6,8-9,12,16-17H,5,7,10-11H2/t16-,17-/m0/s1.